The third kappa shape index (κ3) is 4.52. The molecule has 0 amide bonds. The van der Waals surface area contributed by atoms with Crippen LogP contribution >= 0.6 is 0 Å². The number of carbonyl (C=O) groups excluding carboxylic acids is 1. The van der Waals surface area contributed by atoms with Crippen molar-refractivity contribution in [3.8, 4) is 5.75 Å². The third-order valence-electron chi connectivity index (χ3n) is 5.56. The third-order valence-corrected chi connectivity index (χ3v) is 5.56. The van der Waals surface area contributed by atoms with Gasteiger partial charge < -0.3 is 19.4 Å². The van der Waals surface area contributed by atoms with Crippen molar-refractivity contribution in [3.05, 3.63) is 123 Å². The standard InChI is InChI=1S/C26H23N3O4/c1-18-16-22(23(30)17-33-24-14-9-15-27-26(24)29(31)32)19(2)28(18)25(20-10-5-3-6-11-20)21-12-7-4-8-13-21/h3-16,25H,17H2,1-2H3. The van der Waals surface area contributed by atoms with Crippen molar-refractivity contribution in [2.24, 2.45) is 0 Å². The van der Waals surface area contributed by atoms with E-state index in [0.29, 0.717) is 5.56 Å². The predicted octanol–water partition coefficient (Wildman–Crippen LogP) is 5.31. The average molecular weight is 441 g/mol. The summed E-state index contributed by atoms with van der Waals surface area (Å²) in [7, 11) is 0. The molecule has 0 spiro atoms. The highest BCUT2D eigenvalue weighted by Gasteiger charge is 2.24. The van der Waals surface area contributed by atoms with Gasteiger partial charge in [-0.2, -0.15) is 0 Å². The summed E-state index contributed by atoms with van der Waals surface area (Å²) in [5, 5.41) is 11.2. The van der Waals surface area contributed by atoms with E-state index >= 15 is 0 Å². The quantitative estimate of drug-likeness (QED) is 0.210. The topological polar surface area (TPSA) is 87.3 Å². The van der Waals surface area contributed by atoms with Crippen LogP contribution in [0.5, 0.6) is 5.75 Å². The van der Waals surface area contributed by atoms with Crippen LogP contribution in [0.4, 0.5) is 5.82 Å². The van der Waals surface area contributed by atoms with Crippen LogP contribution in [0.1, 0.15) is 38.9 Å². The highest BCUT2D eigenvalue weighted by Crippen LogP contribution is 2.32. The van der Waals surface area contributed by atoms with Gasteiger partial charge in [0.1, 0.15) is 6.20 Å². The Morgan fingerprint density at radius 1 is 1.00 bits per heavy atom. The normalized spacial score (nSPS) is 10.9. The van der Waals surface area contributed by atoms with Crippen LogP contribution in [-0.2, 0) is 0 Å². The van der Waals surface area contributed by atoms with Gasteiger partial charge >= 0.3 is 5.82 Å². The number of rotatable bonds is 8. The summed E-state index contributed by atoms with van der Waals surface area (Å²) >= 11 is 0. The summed E-state index contributed by atoms with van der Waals surface area (Å²) in [4.78, 5) is 27.3. The van der Waals surface area contributed by atoms with E-state index in [1.165, 1.54) is 18.3 Å². The summed E-state index contributed by atoms with van der Waals surface area (Å²) < 4.78 is 7.63. The summed E-state index contributed by atoms with van der Waals surface area (Å²) in [6, 6.07) is 24.9. The molecular formula is C26H23N3O4. The Hall–Kier alpha value is -4.26. The van der Waals surface area contributed by atoms with Crippen molar-refractivity contribution in [2.75, 3.05) is 6.61 Å². The van der Waals surface area contributed by atoms with Crippen LogP contribution in [0.25, 0.3) is 0 Å². The van der Waals surface area contributed by atoms with Gasteiger partial charge in [-0.15, -0.1) is 0 Å². The molecule has 7 nitrogen and oxygen atoms in total. The van der Waals surface area contributed by atoms with Crippen molar-refractivity contribution >= 4 is 11.6 Å². The largest absolute Gasteiger partial charge is 0.477 e. The predicted molar refractivity (Wildman–Crippen MR) is 125 cm³/mol. The van der Waals surface area contributed by atoms with Crippen LogP contribution in [0.2, 0.25) is 0 Å². The number of benzene rings is 2. The van der Waals surface area contributed by atoms with E-state index in [2.05, 4.69) is 33.8 Å². The molecule has 4 rings (SSSR count). The molecule has 0 saturated heterocycles. The van der Waals surface area contributed by atoms with Crippen LogP contribution in [-0.4, -0.2) is 26.9 Å². The number of aromatic nitrogens is 2. The summed E-state index contributed by atoms with van der Waals surface area (Å²) in [5.74, 6) is -0.701. The number of nitrogens with zero attached hydrogens (tertiary/aromatic N) is 3. The number of hydrogen-bond acceptors (Lipinski definition) is 5. The molecule has 0 atom stereocenters. The molecule has 0 fully saturated rings. The zero-order valence-electron chi connectivity index (χ0n) is 18.3. The monoisotopic (exact) mass is 441 g/mol. The summed E-state index contributed by atoms with van der Waals surface area (Å²) in [6.07, 6.45) is 1.31. The Balaban J connectivity index is 1.67. The van der Waals surface area contributed by atoms with E-state index in [-0.39, 0.29) is 24.2 Å². The van der Waals surface area contributed by atoms with Gasteiger partial charge in [-0.25, -0.2) is 0 Å². The molecule has 0 unspecified atom stereocenters. The number of ether oxygens (including phenoxy) is 1. The van der Waals surface area contributed by atoms with Crippen LogP contribution in [0, 0.1) is 24.0 Å². The zero-order valence-corrected chi connectivity index (χ0v) is 18.3. The van der Waals surface area contributed by atoms with E-state index in [4.69, 9.17) is 4.74 Å². The summed E-state index contributed by atoms with van der Waals surface area (Å²) in [5.41, 5.74) is 4.47. The SMILES string of the molecule is Cc1cc(C(=O)COc2cccnc2[N+](=O)[O-])c(C)n1C(c1ccccc1)c1ccccc1. The maximum atomic E-state index is 13.1. The van der Waals surface area contributed by atoms with Crippen LogP contribution in [0.3, 0.4) is 0 Å². The number of ketones is 1. The molecule has 0 N–H and O–H groups in total. The lowest BCUT2D eigenvalue weighted by atomic mass is 9.98. The smallest absolute Gasteiger partial charge is 0.406 e. The van der Waals surface area contributed by atoms with E-state index in [1.54, 1.807) is 0 Å². The first-order valence-electron chi connectivity index (χ1n) is 10.5. The molecule has 2 aromatic heterocycles. The molecule has 33 heavy (non-hydrogen) atoms. The minimum Gasteiger partial charge on any atom is -0.477 e. The van der Waals surface area contributed by atoms with Gasteiger partial charge in [-0.1, -0.05) is 60.7 Å². The Kier molecular flexibility index (Phi) is 6.31. The fourth-order valence-electron chi connectivity index (χ4n) is 4.07. The maximum absolute atomic E-state index is 13.1. The first kappa shape index (κ1) is 22.0. The van der Waals surface area contributed by atoms with E-state index in [1.807, 2.05) is 56.3 Å². The van der Waals surface area contributed by atoms with Gasteiger partial charge in [0.25, 0.3) is 0 Å². The number of aryl methyl sites for hydroxylation is 1. The van der Waals surface area contributed by atoms with Crippen molar-refractivity contribution in [3.63, 3.8) is 0 Å². The Labute approximate surface area is 191 Å². The van der Waals surface area contributed by atoms with Gasteiger partial charge in [0.2, 0.25) is 11.5 Å². The lowest BCUT2D eigenvalue weighted by Crippen LogP contribution is -2.17. The molecular weight excluding hydrogens is 418 g/mol. The number of Topliss-reactive ketones (excluding diaryl/α,β-unsaturated/α-hetero) is 1. The van der Waals surface area contributed by atoms with Gasteiger partial charge in [0, 0.05) is 17.0 Å². The van der Waals surface area contributed by atoms with Gasteiger partial charge in [0.15, 0.2) is 6.61 Å². The van der Waals surface area contributed by atoms with Gasteiger partial charge in [-0.05, 0) is 53.1 Å². The molecule has 7 heteroatoms. The van der Waals surface area contributed by atoms with Crippen LogP contribution < -0.4 is 4.74 Å². The van der Waals surface area contributed by atoms with Gasteiger partial charge in [-0.3, -0.25) is 4.79 Å². The highest BCUT2D eigenvalue weighted by molar-refractivity contribution is 5.98. The number of pyridine rings is 1. The molecule has 0 bridgehead atoms. The second kappa shape index (κ2) is 9.48. The first-order valence-corrected chi connectivity index (χ1v) is 10.5. The Morgan fingerprint density at radius 2 is 1.61 bits per heavy atom. The van der Waals surface area contributed by atoms with Crippen molar-refractivity contribution in [1.29, 1.82) is 0 Å². The van der Waals surface area contributed by atoms with Crippen LogP contribution in [0.15, 0.2) is 85.1 Å². The molecule has 2 heterocycles. The van der Waals surface area contributed by atoms with E-state index in [9.17, 15) is 14.9 Å². The number of nitro groups is 1. The molecule has 2 aromatic carbocycles. The molecule has 166 valence electrons. The average Bonchev–Trinajstić information content (AvgIpc) is 3.13. The highest BCUT2D eigenvalue weighted by atomic mass is 16.6. The molecule has 0 aliphatic heterocycles. The van der Waals surface area contributed by atoms with E-state index in [0.717, 1.165) is 22.5 Å². The summed E-state index contributed by atoms with van der Waals surface area (Å²) in [6.45, 7) is 3.55. The molecule has 0 aliphatic rings. The Morgan fingerprint density at radius 3 is 2.18 bits per heavy atom. The minimum absolute atomic E-state index is 0.0314. The minimum atomic E-state index is -0.629. The van der Waals surface area contributed by atoms with E-state index < -0.39 is 10.7 Å². The molecule has 0 radical (unpaired) electrons. The lowest BCUT2D eigenvalue weighted by Gasteiger charge is -2.24. The fraction of sp³-hybridized carbons (Fsp3) is 0.154. The fourth-order valence-corrected chi connectivity index (χ4v) is 4.07. The second-order valence-electron chi connectivity index (χ2n) is 7.67. The lowest BCUT2D eigenvalue weighted by molar-refractivity contribution is -0.390. The van der Waals surface area contributed by atoms with Gasteiger partial charge in [0.05, 0.1) is 6.04 Å². The molecule has 0 aliphatic carbocycles. The van der Waals surface area contributed by atoms with Crippen molar-refractivity contribution in [1.82, 2.24) is 9.55 Å². The molecule has 4 aromatic rings. The van der Waals surface area contributed by atoms with Crippen molar-refractivity contribution in [2.45, 2.75) is 19.9 Å². The zero-order chi connectivity index (χ0) is 23.4. The Bertz CT molecular complexity index is 1240. The molecule has 0 saturated carbocycles. The van der Waals surface area contributed by atoms with Crippen molar-refractivity contribution < 1.29 is 14.5 Å². The second-order valence-corrected chi connectivity index (χ2v) is 7.67. The number of carbonyl (C=O) groups is 1. The number of hydrogen-bond donors (Lipinski definition) is 0. The first-order chi connectivity index (χ1) is 16.0. The maximum Gasteiger partial charge on any atom is 0.406 e.